The smallest absolute Gasteiger partial charge is 0.293 e. The van der Waals surface area contributed by atoms with E-state index < -0.39 is 10.8 Å². The number of nitro groups is 1. The highest BCUT2D eigenvalue weighted by atomic mass is 32.1. The summed E-state index contributed by atoms with van der Waals surface area (Å²) in [6.45, 7) is 5.76. The fourth-order valence-electron chi connectivity index (χ4n) is 3.65. The van der Waals surface area contributed by atoms with E-state index in [4.69, 9.17) is 9.47 Å². The zero-order chi connectivity index (χ0) is 22.5. The maximum Gasteiger partial charge on any atom is 0.293 e. The lowest BCUT2D eigenvalue weighted by atomic mass is 10.1. The van der Waals surface area contributed by atoms with Crippen LogP contribution in [0.4, 0.5) is 11.4 Å². The number of amides is 1. The highest BCUT2D eigenvalue weighted by molar-refractivity contribution is 7.16. The van der Waals surface area contributed by atoms with Crippen LogP contribution in [0.2, 0.25) is 0 Å². The van der Waals surface area contributed by atoms with Gasteiger partial charge in [0, 0.05) is 37.9 Å². The highest BCUT2D eigenvalue weighted by Gasteiger charge is 2.23. The highest BCUT2D eigenvalue weighted by Crippen LogP contribution is 2.30. The number of carbonyl (C=O) groups excluding carboxylic acids is 1. The molecular formula is C22H24N4O5S. The molecular weight excluding hydrogens is 432 g/mol. The van der Waals surface area contributed by atoms with Crippen molar-refractivity contribution in [1.82, 2.24) is 4.57 Å². The Bertz CT molecular complexity index is 1200. The molecule has 4 rings (SSSR count). The van der Waals surface area contributed by atoms with E-state index in [0.717, 1.165) is 10.2 Å². The summed E-state index contributed by atoms with van der Waals surface area (Å²) < 4.78 is 13.8. The van der Waals surface area contributed by atoms with E-state index in [0.29, 0.717) is 56.6 Å². The molecule has 0 radical (unpaired) electrons. The molecule has 9 nitrogen and oxygen atoms in total. The van der Waals surface area contributed by atoms with E-state index in [1.807, 2.05) is 40.7 Å². The lowest BCUT2D eigenvalue weighted by Gasteiger charge is -2.28. The number of fused-ring (bicyclic) bond motifs is 1. The standard InChI is InChI=1S/C22H24N4O5S/c1-2-30-14-11-25-18-5-3-4-6-20(18)32-22(25)23-21(27)16-7-8-17(19(15-16)26(28)29)24-9-12-31-13-10-24/h3-8,15H,2,9-14H2,1H3. The van der Waals surface area contributed by atoms with Crippen LogP contribution in [0.5, 0.6) is 0 Å². The molecule has 1 amide bonds. The Morgan fingerprint density at radius 1 is 1.25 bits per heavy atom. The summed E-state index contributed by atoms with van der Waals surface area (Å²) >= 11 is 1.41. The first-order valence-corrected chi connectivity index (χ1v) is 11.3. The summed E-state index contributed by atoms with van der Waals surface area (Å²) in [6.07, 6.45) is 0. The lowest BCUT2D eigenvalue weighted by molar-refractivity contribution is -0.384. The number of nitrogens with zero attached hydrogens (tertiary/aromatic N) is 4. The quantitative estimate of drug-likeness (QED) is 0.308. The van der Waals surface area contributed by atoms with Crippen molar-refractivity contribution in [3.8, 4) is 0 Å². The van der Waals surface area contributed by atoms with Crippen molar-refractivity contribution >= 4 is 38.8 Å². The normalized spacial score (nSPS) is 14.8. The van der Waals surface area contributed by atoms with Crippen LogP contribution in [0.25, 0.3) is 10.2 Å². The van der Waals surface area contributed by atoms with Crippen LogP contribution < -0.4 is 9.70 Å². The minimum absolute atomic E-state index is 0.103. The molecule has 1 fully saturated rings. The Balaban J connectivity index is 1.70. The maximum atomic E-state index is 13.0. The zero-order valence-corrected chi connectivity index (χ0v) is 18.5. The summed E-state index contributed by atoms with van der Waals surface area (Å²) in [6, 6.07) is 12.4. The number of hydrogen-bond donors (Lipinski definition) is 0. The second kappa shape index (κ2) is 10.0. The van der Waals surface area contributed by atoms with Crippen LogP contribution in [0.3, 0.4) is 0 Å². The third-order valence-corrected chi connectivity index (χ3v) is 6.28. The van der Waals surface area contributed by atoms with Gasteiger partial charge < -0.3 is 18.9 Å². The van der Waals surface area contributed by atoms with Crippen molar-refractivity contribution in [3.05, 3.63) is 62.9 Å². The molecule has 32 heavy (non-hydrogen) atoms. The van der Waals surface area contributed by atoms with Gasteiger partial charge in [-0.2, -0.15) is 4.99 Å². The number of hydrogen-bond acceptors (Lipinski definition) is 7. The number of anilines is 1. The van der Waals surface area contributed by atoms with Gasteiger partial charge >= 0.3 is 0 Å². The number of thiazole rings is 1. The average molecular weight is 457 g/mol. The molecule has 1 aliphatic heterocycles. The second-order valence-electron chi connectivity index (χ2n) is 7.18. The minimum Gasteiger partial charge on any atom is -0.380 e. The number of aromatic nitrogens is 1. The fourth-order valence-corrected chi connectivity index (χ4v) is 4.70. The maximum absolute atomic E-state index is 13.0. The predicted octanol–water partition coefficient (Wildman–Crippen LogP) is 3.23. The Morgan fingerprint density at radius 2 is 2.03 bits per heavy atom. The molecule has 1 saturated heterocycles. The fraction of sp³-hybridized carbons (Fsp3) is 0.364. The molecule has 0 saturated carbocycles. The van der Waals surface area contributed by atoms with Crippen LogP contribution >= 0.6 is 11.3 Å². The van der Waals surface area contributed by atoms with E-state index in [-0.39, 0.29) is 11.3 Å². The first-order chi connectivity index (χ1) is 15.6. The summed E-state index contributed by atoms with van der Waals surface area (Å²) in [5.41, 5.74) is 1.54. The SMILES string of the molecule is CCOCCn1c(=NC(=O)c2ccc(N3CCOCC3)c([N+](=O)[O-])c2)sc2ccccc21. The summed E-state index contributed by atoms with van der Waals surface area (Å²) in [4.78, 5) is 31.0. The molecule has 168 valence electrons. The third kappa shape index (κ3) is 4.72. The summed E-state index contributed by atoms with van der Waals surface area (Å²) in [7, 11) is 0. The number of nitro benzene ring substituents is 1. The molecule has 1 aromatic heterocycles. The van der Waals surface area contributed by atoms with Gasteiger partial charge in [0.2, 0.25) is 0 Å². The average Bonchev–Trinajstić information content (AvgIpc) is 3.16. The topological polar surface area (TPSA) is 99.2 Å². The first kappa shape index (κ1) is 22.1. The molecule has 2 aromatic carbocycles. The van der Waals surface area contributed by atoms with E-state index in [2.05, 4.69) is 4.99 Å². The molecule has 0 spiro atoms. The largest absolute Gasteiger partial charge is 0.380 e. The lowest BCUT2D eigenvalue weighted by Crippen LogP contribution is -2.36. The Hall–Kier alpha value is -3.08. The van der Waals surface area contributed by atoms with Gasteiger partial charge in [0.15, 0.2) is 4.80 Å². The van der Waals surface area contributed by atoms with E-state index >= 15 is 0 Å². The number of ether oxygens (including phenoxy) is 2. The number of para-hydroxylation sites is 1. The van der Waals surface area contributed by atoms with Crippen molar-refractivity contribution in [1.29, 1.82) is 0 Å². The molecule has 0 unspecified atom stereocenters. The molecule has 0 N–H and O–H groups in total. The van der Waals surface area contributed by atoms with Crippen LogP contribution in [0, 0.1) is 10.1 Å². The summed E-state index contributed by atoms with van der Waals surface area (Å²) in [5, 5.41) is 11.7. The molecule has 0 aliphatic carbocycles. The Labute approximate surface area is 188 Å². The van der Waals surface area contributed by atoms with Crippen LogP contribution in [-0.2, 0) is 16.0 Å². The van der Waals surface area contributed by atoms with Gasteiger partial charge in [-0.05, 0) is 31.2 Å². The van der Waals surface area contributed by atoms with Crippen LogP contribution in [0.15, 0.2) is 47.5 Å². The van der Waals surface area contributed by atoms with Crippen LogP contribution in [0.1, 0.15) is 17.3 Å². The third-order valence-electron chi connectivity index (χ3n) is 5.22. The van der Waals surface area contributed by atoms with E-state index in [9.17, 15) is 14.9 Å². The second-order valence-corrected chi connectivity index (χ2v) is 8.19. The summed E-state index contributed by atoms with van der Waals surface area (Å²) in [5.74, 6) is -0.515. The zero-order valence-electron chi connectivity index (χ0n) is 17.7. The van der Waals surface area contributed by atoms with E-state index in [1.165, 1.54) is 17.4 Å². The number of benzene rings is 2. The first-order valence-electron chi connectivity index (χ1n) is 10.4. The van der Waals surface area contributed by atoms with E-state index in [1.54, 1.807) is 12.1 Å². The van der Waals surface area contributed by atoms with Gasteiger partial charge in [0.05, 0.1) is 35.0 Å². The van der Waals surface area contributed by atoms with Gasteiger partial charge in [0.1, 0.15) is 5.69 Å². The Morgan fingerprint density at radius 3 is 2.78 bits per heavy atom. The van der Waals surface area contributed by atoms with Gasteiger partial charge in [-0.25, -0.2) is 0 Å². The number of carbonyl (C=O) groups is 1. The van der Waals surface area contributed by atoms with Gasteiger partial charge in [-0.3, -0.25) is 14.9 Å². The minimum atomic E-state index is -0.515. The molecule has 3 aromatic rings. The molecule has 10 heteroatoms. The number of morpholine rings is 1. The van der Waals surface area contributed by atoms with Crippen molar-refractivity contribution in [3.63, 3.8) is 0 Å². The van der Waals surface area contributed by atoms with Crippen molar-refractivity contribution in [2.45, 2.75) is 13.5 Å². The van der Waals surface area contributed by atoms with Gasteiger partial charge in [0.25, 0.3) is 11.6 Å². The van der Waals surface area contributed by atoms with Crippen molar-refractivity contribution in [2.24, 2.45) is 4.99 Å². The molecule has 2 heterocycles. The Kier molecular flexibility index (Phi) is 6.93. The monoisotopic (exact) mass is 456 g/mol. The number of rotatable bonds is 7. The van der Waals surface area contributed by atoms with Crippen LogP contribution in [-0.4, -0.2) is 54.9 Å². The van der Waals surface area contributed by atoms with Crippen molar-refractivity contribution < 1.29 is 19.2 Å². The molecule has 0 bridgehead atoms. The predicted molar refractivity (Wildman–Crippen MR) is 122 cm³/mol. The van der Waals surface area contributed by atoms with Crippen molar-refractivity contribution in [2.75, 3.05) is 44.4 Å². The molecule has 1 aliphatic rings. The molecule has 0 atom stereocenters. The van der Waals surface area contributed by atoms with Gasteiger partial charge in [-0.1, -0.05) is 23.5 Å². The van der Waals surface area contributed by atoms with Gasteiger partial charge in [-0.15, -0.1) is 0 Å².